The molecule has 5 heteroatoms. The number of benzene rings is 3. The normalized spacial score (nSPS) is 10.6. The Bertz CT molecular complexity index is 654. The Morgan fingerprint density at radius 2 is 0.889 bits per heavy atom. The summed E-state index contributed by atoms with van der Waals surface area (Å²) in [6.45, 7) is 1.68. The number of rotatable bonds is 5. The number of halogens is 1. The van der Waals surface area contributed by atoms with Crippen LogP contribution in [0.15, 0.2) is 91.0 Å². The van der Waals surface area contributed by atoms with Crippen LogP contribution in [-0.2, 0) is 0 Å². The van der Waals surface area contributed by atoms with Crippen molar-refractivity contribution in [3.8, 4) is 0 Å². The van der Waals surface area contributed by atoms with E-state index in [0.717, 1.165) is 0 Å². The fourth-order valence-electron chi connectivity index (χ4n) is 2.68. The molecule has 0 atom stereocenters. The lowest BCUT2D eigenvalue weighted by atomic mass is 10.4. The van der Waals surface area contributed by atoms with E-state index in [1.54, 1.807) is 0 Å². The highest BCUT2D eigenvalue weighted by Crippen LogP contribution is 2.51. The van der Waals surface area contributed by atoms with Crippen LogP contribution in [0.5, 0.6) is 0 Å². The van der Waals surface area contributed by atoms with Crippen molar-refractivity contribution in [3.63, 3.8) is 0 Å². The van der Waals surface area contributed by atoms with Crippen molar-refractivity contribution in [2.24, 2.45) is 0 Å². The first-order valence-electron chi connectivity index (χ1n) is 8.56. The Morgan fingerprint density at radius 1 is 0.630 bits per heavy atom. The van der Waals surface area contributed by atoms with Gasteiger partial charge in [-0.05, 0) is 36.4 Å². The van der Waals surface area contributed by atoms with E-state index >= 15 is 0 Å². The number of aliphatic hydroxyl groups is 3. The fraction of sp³-hybridized carbons (Fsp3) is 0.182. The molecule has 3 nitrogen and oxygen atoms in total. The molecule has 0 saturated carbocycles. The second kappa shape index (κ2) is 12.0. The Balaban J connectivity index is 0.000000456. The van der Waals surface area contributed by atoms with Gasteiger partial charge in [0.2, 0.25) is 0 Å². The number of hydrogen-bond acceptors (Lipinski definition) is 3. The minimum absolute atomic E-state index is 0. The minimum Gasteiger partial charge on any atom is -1.00 e. The summed E-state index contributed by atoms with van der Waals surface area (Å²) in [5.74, 6) is 0. The first kappa shape index (κ1) is 23.5. The molecule has 0 unspecified atom stereocenters. The van der Waals surface area contributed by atoms with Gasteiger partial charge in [0.1, 0.15) is 29.3 Å². The van der Waals surface area contributed by atoms with Crippen molar-refractivity contribution >= 4 is 23.2 Å². The van der Waals surface area contributed by atoms with E-state index in [1.165, 1.54) is 15.9 Å². The molecule has 3 aromatic carbocycles. The molecule has 0 heterocycles. The van der Waals surface area contributed by atoms with Crippen LogP contribution in [0.3, 0.4) is 0 Å². The molecule has 0 aromatic heterocycles. The van der Waals surface area contributed by atoms with Gasteiger partial charge in [-0.15, -0.1) is 0 Å². The van der Waals surface area contributed by atoms with Crippen LogP contribution in [0, 0.1) is 0 Å². The lowest BCUT2D eigenvalue weighted by Crippen LogP contribution is -3.00. The quantitative estimate of drug-likeness (QED) is 0.436. The molecule has 0 aliphatic rings. The third-order valence-corrected chi connectivity index (χ3v) is 8.23. The van der Waals surface area contributed by atoms with Crippen LogP contribution in [0.2, 0.25) is 0 Å². The van der Waals surface area contributed by atoms with E-state index in [4.69, 9.17) is 15.3 Å². The molecule has 27 heavy (non-hydrogen) atoms. The van der Waals surface area contributed by atoms with Gasteiger partial charge in [-0.1, -0.05) is 54.6 Å². The Labute approximate surface area is 172 Å². The SMILES string of the molecule is C[P+](c1ccccc1)(c1ccccc1)c1ccccc1.OCC(O)CO.[Br-]. The molecule has 0 spiro atoms. The summed E-state index contributed by atoms with van der Waals surface area (Å²) >= 11 is 0. The maximum Gasteiger partial charge on any atom is 0.109 e. The first-order valence-corrected chi connectivity index (χ1v) is 10.8. The predicted octanol–water partition coefficient (Wildman–Crippen LogP) is -1.05. The molecule has 0 amide bonds. The summed E-state index contributed by atoms with van der Waals surface area (Å²) in [6.07, 6.45) is -0.954. The van der Waals surface area contributed by atoms with E-state index in [9.17, 15) is 0 Å². The minimum atomic E-state index is -1.53. The summed E-state index contributed by atoms with van der Waals surface area (Å²) in [7, 11) is -1.53. The number of aliphatic hydroxyl groups excluding tert-OH is 3. The van der Waals surface area contributed by atoms with Gasteiger partial charge in [0.05, 0.1) is 19.9 Å². The van der Waals surface area contributed by atoms with Gasteiger partial charge in [-0.2, -0.15) is 0 Å². The van der Waals surface area contributed by atoms with E-state index in [2.05, 4.69) is 97.7 Å². The van der Waals surface area contributed by atoms with Gasteiger partial charge in [0, 0.05) is 0 Å². The van der Waals surface area contributed by atoms with Crippen molar-refractivity contribution in [1.29, 1.82) is 0 Å². The number of hydrogen-bond donors (Lipinski definition) is 3. The Hall–Kier alpha value is -1.55. The zero-order valence-electron chi connectivity index (χ0n) is 15.3. The van der Waals surface area contributed by atoms with Crippen molar-refractivity contribution < 1.29 is 32.3 Å². The zero-order valence-corrected chi connectivity index (χ0v) is 17.8. The van der Waals surface area contributed by atoms with Gasteiger partial charge in [-0.3, -0.25) is 0 Å². The highest BCUT2D eigenvalue weighted by molar-refractivity contribution is 7.95. The predicted molar refractivity (Wildman–Crippen MR) is 111 cm³/mol. The van der Waals surface area contributed by atoms with E-state index in [1.807, 2.05) is 0 Å². The summed E-state index contributed by atoms with van der Waals surface area (Å²) < 4.78 is 0. The maximum atomic E-state index is 8.17. The second-order valence-corrected chi connectivity index (χ2v) is 9.59. The summed E-state index contributed by atoms with van der Waals surface area (Å²) in [4.78, 5) is 0. The molecule has 0 aliphatic heterocycles. The molecule has 0 saturated heterocycles. The third-order valence-electron chi connectivity index (χ3n) is 4.24. The Kier molecular flexibility index (Phi) is 10.5. The molecule has 144 valence electrons. The average molecular weight is 449 g/mol. The van der Waals surface area contributed by atoms with Crippen LogP contribution in [0.4, 0.5) is 0 Å². The van der Waals surface area contributed by atoms with E-state index in [-0.39, 0.29) is 30.2 Å². The Morgan fingerprint density at radius 3 is 1.07 bits per heavy atom. The standard InChI is InChI=1S/C19H18P.C3H8O3.BrH/c1-20(17-11-5-2-6-12-17,18-13-7-3-8-14-18)19-15-9-4-10-16-19;4-1-3(6)2-5;/h2-16H,1H3;3-6H,1-2H2;1H/q+1;;/p-1. The topological polar surface area (TPSA) is 60.7 Å². The van der Waals surface area contributed by atoms with Crippen molar-refractivity contribution in [3.05, 3.63) is 91.0 Å². The average Bonchev–Trinajstić information content (AvgIpc) is 2.75. The monoisotopic (exact) mass is 448 g/mol. The summed E-state index contributed by atoms with van der Waals surface area (Å²) in [6, 6.07) is 32.6. The molecule has 3 rings (SSSR count). The summed E-state index contributed by atoms with van der Waals surface area (Å²) in [5, 5.41) is 28.3. The van der Waals surface area contributed by atoms with Crippen LogP contribution in [0.25, 0.3) is 0 Å². The van der Waals surface area contributed by atoms with Crippen LogP contribution in [-0.4, -0.2) is 41.3 Å². The molecule has 0 aliphatic carbocycles. The molecule has 0 radical (unpaired) electrons. The lowest BCUT2D eigenvalue weighted by Gasteiger charge is -2.22. The third kappa shape index (κ3) is 6.24. The largest absolute Gasteiger partial charge is 1.00 e. The molecule has 0 bridgehead atoms. The fourth-order valence-corrected chi connectivity index (χ4v) is 5.88. The van der Waals surface area contributed by atoms with Crippen LogP contribution in [0.1, 0.15) is 0 Å². The molecular formula is C22H26BrO3P. The lowest BCUT2D eigenvalue weighted by molar-refractivity contribution is -0.00000758. The highest BCUT2D eigenvalue weighted by Gasteiger charge is 2.39. The zero-order chi connectivity index (χ0) is 18.8. The first-order chi connectivity index (χ1) is 12.6. The van der Waals surface area contributed by atoms with Gasteiger partial charge >= 0.3 is 0 Å². The van der Waals surface area contributed by atoms with Crippen molar-refractivity contribution in [1.82, 2.24) is 0 Å². The van der Waals surface area contributed by atoms with Crippen LogP contribution < -0.4 is 32.9 Å². The maximum absolute atomic E-state index is 8.17. The second-order valence-electron chi connectivity index (χ2n) is 6.03. The smallest absolute Gasteiger partial charge is 0.109 e. The molecule has 0 fully saturated rings. The highest BCUT2D eigenvalue weighted by atomic mass is 79.9. The van der Waals surface area contributed by atoms with Gasteiger partial charge in [0.25, 0.3) is 0 Å². The van der Waals surface area contributed by atoms with Crippen LogP contribution >= 0.6 is 7.26 Å². The molecular weight excluding hydrogens is 423 g/mol. The van der Waals surface area contributed by atoms with Gasteiger partial charge in [0.15, 0.2) is 0 Å². The van der Waals surface area contributed by atoms with E-state index in [0.29, 0.717) is 0 Å². The van der Waals surface area contributed by atoms with Gasteiger partial charge in [-0.25, -0.2) is 0 Å². The van der Waals surface area contributed by atoms with E-state index < -0.39 is 13.4 Å². The summed E-state index contributed by atoms with van der Waals surface area (Å²) in [5.41, 5.74) is 0. The van der Waals surface area contributed by atoms with Crippen molar-refractivity contribution in [2.75, 3.05) is 19.9 Å². The van der Waals surface area contributed by atoms with Crippen molar-refractivity contribution in [2.45, 2.75) is 6.10 Å². The molecule has 3 aromatic rings. The molecule has 3 N–H and O–H groups in total. The van der Waals surface area contributed by atoms with Gasteiger partial charge < -0.3 is 32.3 Å².